The van der Waals surface area contributed by atoms with Crippen LogP contribution in [0.3, 0.4) is 0 Å². The number of halogens is 12. The molecule has 0 spiro atoms. The third-order valence-corrected chi connectivity index (χ3v) is 3.19. The smallest absolute Gasteiger partial charge is 0.432 e. The van der Waals surface area contributed by atoms with E-state index in [1.165, 1.54) is 0 Å². The van der Waals surface area contributed by atoms with E-state index in [1.54, 1.807) is 0 Å². The summed E-state index contributed by atoms with van der Waals surface area (Å²) in [5, 5.41) is 6.08. The van der Waals surface area contributed by atoms with E-state index in [0.717, 1.165) is 0 Å². The van der Waals surface area contributed by atoms with Crippen LogP contribution in [-0.4, -0.2) is 22.9 Å². The second-order valence-corrected chi connectivity index (χ2v) is 4.93. The molecule has 0 aliphatic rings. The monoisotopic (exact) mass is 422 g/mol. The van der Waals surface area contributed by atoms with Gasteiger partial charge in [-0.05, 0) is 6.08 Å². The second kappa shape index (κ2) is 6.59. The number of hydrogen-bond acceptors (Lipinski definition) is 1. The lowest BCUT2D eigenvalue weighted by atomic mass is 9.89. The van der Waals surface area contributed by atoms with Crippen LogP contribution in [0.2, 0.25) is 0 Å². The minimum Gasteiger partial charge on any atom is -0.477 e. The number of allylic oxidation sites excluding steroid dienone is 1. The van der Waals surface area contributed by atoms with Crippen molar-refractivity contribution in [3.8, 4) is 0 Å². The molecule has 0 radical (unpaired) electrons. The lowest BCUT2D eigenvalue weighted by Gasteiger charge is -2.33. The first kappa shape index (κ1) is 22.0. The zero-order valence-corrected chi connectivity index (χ0v) is 12.2. The topological polar surface area (TPSA) is 37.3 Å². The summed E-state index contributed by atoms with van der Waals surface area (Å²) in [6, 6.07) is 0. The summed E-state index contributed by atoms with van der Waals surface area (Å²) in [4.78, 5) is 10.4. The minimum absolute atomic E-state index is 1.46. The summed E-state index contributed by atoms with van der Waals surface area (Å²) in [6.07, 6.45) is -8.25. The first-order valence-electron chi connectivity index (χ1n) is 5.77. The molecule has 0 aliphatic carbocycles. The maximum atomic E-state index is 14.1. The van der Waals surface area contributed by atoms with Crippen molar-refractivity contribution in [1.29, 1.82) is 0 Å². The molecule has 0 aromatic heterocycles. The molecule has 1 atom stereocenters. The first-order valence-corrected chi connectivity index (χ1v) is 6.15. The average Bonchev–Trinajstić information content (AvgIpc) is 2.49. The number of aliphatic carboxylic acids is 1. The molecular weight excluding hydrogens is 421 g/mol. The van der Waals surface area contributed by atoms with Gasteiger partial charge in [0.15, 0.2) is 23.3 Å². The number of carboxylic acid groups (broad SMARTS) is 1. The van der Waals surface area contributed by atoms with Crippen LogP contribution in [0.15, 0.2) is 11.1 Å². The van der Waals surface area contributed by atoms with Crippen LogP contribution in [0.25, 0.3) is 0 Å². The van der Waals surface area contributed by atoms with E-state index < -0.39 is 69.5 Å². The average molecular weight is 423 g/mol. The van der Waals surface area contributed by atoms with Gasteiger partial charge < -0.3 is 5.11 Å². The van der Waals surface area contributed by atoms with Crippen LogP contribution in [0, 0.1) is 29.1 Å². The predicted octanol–water partition coefficient (Wildman–Crippen LogP) is 4.95. The predicted molar refractivity (Wildman–Crippen MR) is 61.6 cm³/mol. The van der Waals surface area contributed by atoms with Gasteiger partial charge in [0, 0.05) is 0 Å². The maximum Gasteiger partial charge on any atom is 0.432 e. The second-order valence-electron chi connectivity index (χ2n) is 4.53. The van der Waals surface area contributed by atoms with E-state index in [1.807, 2.05) is 0 Å². The summed E-state index contributed by atoms with van der Waals surface area (Å²) in [5.74, 6) is -25.1. The Morgan fingerprint density at radius 1 is 0.808 bits per heavy atom. The first-order chi connectivity index (χ1) is 11.5. The SMILES string of the molecule is O=C(O)/C(Cl)=C/C(F)(C(F)(F)F)C(F)(F)c1c(F)c(F)c(F)c(F)c1F. The lowest BCUT2D eigenvalue weighted by Crippen LogP contribution is -2.53. The molecule has 1 rings (SSSR count). The van der Waals surface area contributed by atoms with Gasteiger partial charge in [-0.25, -0.2) is 31.1 Å². The Labute approximate surface area is 140 Å². The highest BCUT2D eigenvalue weighted by Gasteiger charge is 2.72. The van der Waals surface area contributed by atoms with Crippen molar-refractivity contribution in [3.05, 3.63) is 45.8 Å². The van der Waals surface area contributed by atoms with Crippen LogP contribution in [0.4, 0.5) is 48.3 Å². The summed E-state index contributed by atoms with van der Waals surface area (Å²) in [7, 11) is 0. The highest BCUT2D eigenvalue weighted by Crippen LogP contribution is 2.54. The fraction of sp³-hybridized carbons (Fsp3) is 0.250. The number of rotatable bonds is 4. The summed E-state index contributed by atoms with van der Waals surface area (Å²) < 4.78 is 146. The highest BCUT2D eigenvalue weighted by atomic mass is 35.5. The Hall–Kier alpha value is -2.05. The molecule has 14 heteroatoms. The lowest BCUT2D eigenvalue weighted by molar-refractivity contribution is -0.288. The van der Waals surface area contributed by atoms with Crippen molar-refractivity contribution in [2.24, 2.45) is 0 Å². The van der Waals surface area contributed by atoms with Crippen LogP contribution in [0.5, 0.6) is 0 Å². The molecule has 1 aromatic carbocycles. The van der Waals surface area contributed by atoms with Crippen molar-refractivity contribution < 1.29 is 58.2 Å². The van der Waals surface area contributed by atoms with Crippen LogP contribution in [0.1, 0.15) is 5.56 Å². The Bertz CT molecular complexity index is 757. The molecule has 0 aliphatic heterocycles. The Balaban J connectivity index is 3.96. The Morgan fingerprint density at radius 3 is 1.46 bits per heavy atom. The van der Waals surface area contributed by atoms with E-state index in [4.69, 9.17) is 5.11 Å². The number of hydrogen-bond donors (Lipinski definition) is 1. The van der Waals surface area contributed by atoms with Gasteiger partial charge in [-0.2, -0.15) is 22.0 Å². The molecular formula is C12H2ClF11O2. The molecule has 0 saturated heterocycles. The fourth-order valence-corrected chi connectivity index (χ4v) is 1.80. The molecule has 146 valence electrons. The van der Waals surface area contributed by atoms with Crippen LogP contribution < -0.4 is 0 Å². The third kappa shape index (κ3) is 3.19. The molecule has 0 heterocycles. The molecule has 0 amide bonds. The van der Waals surface area contributed by atoms with Crippen LogP contribution >= 0.6 is 11.6 Å². The Morgan fingerprint density at radius 2 is 1.15 bits per heavy atom. The van der Waals surface area contributed by atoms with Gasteiger partial charge in [0.05, 0.1) is 0 Å². The number of carbonyl (C=O) groups is 1. The van der Waals surface area contributed by atoms with Crippen molar-refractivity contribution in [1.82, 2.24) is 0 Å². The number of carboxylic acids is 1. The molecule has 1 unspecified atom stereocenters. The van der Waals surface area contributed by atoms with Gasteiger partial charge in [0.25, 0.3) is 5.67 Å². The van der Waals surface area contributed by atoms with Gasteiger partial charge in [-0.15, -0.1) is 0 Å². The molecule has 26 heavy (non-hydrogen) atoms. The summed E-state index contributed by atoms with van der Waals surface area (Å²) in [5.41, 5.74) is -9.70. The van der Waals surface area contributed by atoms with E-state index in [-0.39, 0.29) is 0 Å². The summed E-state index contributed by atoms with van der Waals surface area (Å²) >= 11 is 4.66. The normalized spacial score (nSPS) is 15.8. The van der Waals surface area contributed by atoms with Gasteiger partial charge in [0.1, 0.15) is 10.6 Å². The van der Waals surface area contributed by atoms with E-state index in [9.17, 15) is 53.1 Å². The van der Waals surface area contributed by atoms with Crippen molar-refractivity contribution in [3.63, 3.8) is 0 Å². The van der Waals surface area contributed by atoms with E-state index in [0.29, 0.717) is 0 Å². The van der Waals surface area contributed by atoms with Gasteiger partial charge in [-0.3, -0.25) is 0 Å². The van der Waals surface area contributed by atoms with Crippen molar-refractivity contribution in [2.75, 3.05) is 0 Å². The van der Waals surface area contributed by atoms with E-state index >= 15 is 0 Å². The quantitative estimate of drug-likeness (QED) is 0.323. The number of benzene rings is 1. The third-order valence-electron chi connectivity index (χ3n) is 2.92. The molecule has 0 fully saturated rings. The fourth-order valence-electron chi connectivity index (χ4n) is 1.65. The highest BCUT2D eigenvalue weighted by molar-refractivity contribution is 6.41. The Kier molecular flexibility index (Phi) is 5.58. The van der Waals surface area contributed by atoms with Gasteiger partial charge >= 0.3 is 18.1 Å². The number of alkyl halides is 6. The van der Waals surface area contributed by atoms with E-state index in [2.05, 4.69) is 11.6 Å². The summed E-state index contributed by atoms with van der Waals surface area (Å²) in [6.45, 7) is 0. The molecule has 0 saturated carbocycles. The largest absolute Gasteiger partial charge is 0.477 e. The minimum atomic E-state index is -6.79. The maximum absolute atomic E-state index is 14.1. The van der Waals surface area contributed by atoms with Gasteiger partial charge in [0.2, 0.25) is 5.82 Å². The zero-order valence-electron chi connectivity index (χ0n) is 11.5. The zero-order chi connectivity index (χ0) is 20.8. The molecule has 1 N–H and O–H groups in total. The standard InChI is InChI=1S/C12H2ClF11O2/c13-2(9(25)26)1-10(19,12(22,23)24)11(20,21)3-4(14)6(16)8(18)7(17)5(3)15/h1H,(H,25,26)/b2-1-. The molecule has 0 bridgehead atoms. The van der Waals surface area contributed by atoms with Crippen LogP contribution in [-0.2, 0) is 10.7 Å². The molecule has 1 aromatic rings. The van der Waals surface area contributed by atoms with Crippen molar-refractivity contribution in [2.45, 2.75) is 17.8 Å². The van der Waals surface area contributed by atoms with Gasteiger partial charge in [-0.1, -0.05) is 11.6 Å². The molecule has 2 nitrogen and oxygen atoms in total. The van der Waals surface area contributed by atoms with Crippen molar-refractivity contribution >= 4 is 17.6 Å².